The van der Waals surface area contributed by atoms with Crippen molar-refractivity contribution in [1.82, 2.24) is 15.3 Å². The minimum absolute atomic E-state index is 0.158. The van der Waals surface area contributed by atoms with Crippen molar-refractivity contribution in [1.29, 1.82) is 0 Å². The Hall–Kier alpha value is -1.92. The molecule has 0 radical (unpaired) electrons. The first kappa shape index (κ1) is 12.8. The van der Waals surface area contributed by atoms with Gasteiger partial charge in [0.2, 0.25) is 5.58 Å². The molecule has 0 spiro atoms. The Morgan fingerprint density at radius 2 is 2.29 bits per heavy atom. The zero-order valence-electron chi connectivity index (χ0n) is 10.8. The van der Waals surface area contributed by atoms with E-state index in [2.05, 4.69) is 15.3 Å². The molecule has 0 saturated carbocycles. The van der Waals surface area contributed by atoms with Crippen LogP contribution in [0.1, 0.15) is 18.3 Å². The summed E-state index contributed by atoms with van der Waals surface area (Å²) in [5.74, 6) is 0.426. The van der Waals surface area contributed by atoms with Gasteiger partial charge in [0.05, 0.1) is 6.04 Å². The number of rotatable bonds is 1. The van der Waals surface area contributed by atoms with E-state index in [1.54, 1.807) is 18.2 Å². The van der Waals surface area contributed by atoms with Gasteiger partial charge in [-0.15, -0.1) is 0 Å². The quantitative estimate of drug-likeness (QED) is 0.725. The van der Waals surface area contributed by atoms with Crippen molar-refractivity contribution in [2.75, 3.05) is 6.54 Å². The molecule has 5 nitrogen and oxygen atoms in total. The van der Waals surface area contributed by atoms with Gasteiger partial charge >= 0.3 is 0 Å². The molecule has 2 aromatic heterocycles. The lowest BCUT2D eigenvalue weighted by Gasteiger charge is -2.08. The summed E-state index contributed by atoms with van der Waals surface area (Å²) >= 11 is 5.98. The van der Waals surface area contributed by atoms with Gasteiger partial charge in [0, 0.05) is 23.4 Å². The van der Waals surface area contributed by atoms with E-state index >= 15 is 0 Å². The van der Waals surface area contributed by atoms with Gasteiger partial charge in [-0.2, -0.15) is 0 Å². The maximum Gasteiger partial charge on any atom is 0.294 e. The first-order valence-corrected chi connectivity index (χ1v) is 6.99. The highest BCUT2D eigenvalue weighted by molar-refractivity contribution is 6.31. The molecule has 7 heteroatoms. The number of nitrogens with one attached hydrogen (secondary N) is 2. The largest absolute Gasteiger partial charge is 0.449 e. The summed E-state index contributed by atoms with van der Waals surface area (Å²) in [4.78, 5) is 19.3. The minimum atomic E-state index is -0.925. The molecule has 1 aromatic carbocycles. The Morgan fingerprint density at radius 3 is 3.05 bits per heavy atom. The van der Waals surface area contributed by atoms with E-state index in [1.165, 1.54) is 0 Å². The van der Waals surface area contributed by atoms with Crippen molar-refractivity contribution in [3.8, 4) is 0 Å². The molecule has 1 saturated heterocycles. The molecule has 21 heavy (non-hydrogen) atoms. The second kappa shape index (κ2) is 4.54. The van der Waals surface area contributed by atoms with Gasteiger partial charge in [0.25, 0.3) is 5.56 Å². The fourth-order valence-corrected chi connectivity index (χ4v) is 2.88. The Morgan fingerprint density at radius 1 is 1.43 bits per heavy atom. The molecule has 2 atom stereocenters. The molecule has 0 unspecified atom stereocenters. The smallest absolute Gasteiger partial charge is 0.294 e. The predicted molar refractivity (Wildman–Crippen MR) is 77.4 cm³/mol. The van der Waals surface area contributed by atoms with Crippen LogP contribution in [0.3, 0.4) is 0 Å². The van der Waals surface area contributed by atoms with Crippen molar-refractivity contribution in [2.24, 2.45) is 0 Å². The first-order chi connectivity index (χ1) is 10.1. The average molecular weight is 308 g/mol. The van der Waals surface area contributed by atoms with Crippen molar-refractivity contribution in [2.45, 2.75) is 18.6 Å². The van der Waals surface area contributed by atoms with Crippen LogP contribution >= 0.6 is 11.6 Å². The first-order valence-electron chi connectivity index (χ1n) is 6.61. The maximum atomic E-state index is 13.3. The standard InChI is InChI=1S/C14H11ClFN3O2/c15-6-1-2-10-8(3-6)11-12(21-10)14(20)19-13(18-11)9-4-7(16)5-17-9/h1-3,7,9,17H,4-5H2,(H,18,19,20)/t7-,9-/m0/s1. The third-order valence-corrected chi connectivity index (χ3v) is 3.95. The van der Waals surface area contributed by atoms with E-state index in [0.717, 1.165) is 0 Å². The van der Waals surface area contributed by atoms with Gasteiger partial charge in [-0.1, -0.05) is 11.6 Å². The molecule has 3 heterocycles. The van der Waals surface area contributed by atoms with Gasteiger partial charge in [-0.25, -0.2) is 9.37 Å². The zero-order valence-corrected chi connectivity index (χ0v) is 11.6. The Kier molecular flexibility index (Phi) is 2.77. The molecule has 0 aliphatic carbocycles. The van der Waals surface area contributed by atoms with Crippen molar-refractivity contribution in [3.05, 3.63) is 39.4 Å². The predicted octanol–water partition coefficient (Wildman–Crippen LogP) is 2.70. The molecule has 0 bridgehead atoms. The molecule has 1 aliphatic heterocycles. The van der Waals surface area contributed by atoms with Crippen LogP contribution in [0.5, 0.6) is 0 Å². The summed E-state index contributed by atoms with van der Waals surface area (Å²) in [6.45, 7) is 0.268. The lowest BCUT2D eigenvalue weighted by atomic mass is 10.2. The molecule has 0 amide bonds. The summed E-state index contributed by atoms with van der Waals surface area (Å²) < 4.78 is 18.8. The number of nitrogens with zero attached hydrogens (tertiary/aromatic N) is 1. The molecule has 3 aromatic rings. The van der Waals surface area contributed by atoms with Crippen molar-refractivity contribution < 1.29 is 8.81 Å². The number of furan rings is 1. The van der Waals surface area contributed by atoms with Gasteiger partial charge in [0.15, 0.2) is 0 Å². The second-order valence-corrected chi connectivity index (χ2v) is 5.60. The highest BCUT2D eigenvalue weighted by atomic mass is 35.5. The highest BCUT2D eigenvalue weighted by Gasteiger charge is 2.27. The van der Waals surface area contributed by atoms with E-state index < -0.39 is 6.17 Å². The number of hydrogen-bond donors (Lipinski definition) is 2. The van der Waals surface area contributed by atoms with Crippen LogP contribution in [0.25, 0.3) is 22.1 Å². The number of aromatic nitrogens is 2. The van der Waals surface area contributed by atoms with Crippen LogP contribution in [0.15, 0.2) is 27.4 Å². The Balaban J connectivity index is 1.97. The monoisotopic (exact) mass is 307 g/mol. The molecular weight excluding hydrogens is 297 g/mol. The number of halogens is 2. The summed E-state index contributed by atoms with van der Waals surface area (Å²) in [5, 5.41) is 4.22. The molecule has 108 valence electrons. The van der Waals surface area contributed by atoms with Crippen LogP contribution in [0.2, 0.25) is 5.02 Å². The SMILES string of the molecule is O=c1[nH]c([C@@H]2C[C@H](F)CN2)nc2c1oc1ccc(Cl)cc12. The second-order valence-electron chi connectivity index (χ2n) is 5.17. The summed E-state index contributed by atoms with van der Waals surface area (Å²) in [6.07, 6.45) is -0.628. The molecule has 4 rings (SSSR count). The minimum Gasteiger partial charge on any atom is -0.449 e. The van der Waals surface area contributed by atoms with Crippen molar-refractivity contribution >= 4 is 33.7 Å². The molecule has 1 fully saturated rings. The third-order valence-electron chi connectivity index (χ3n) is 3.71. The summed E-state index contributed by atoms with van der Waals surface area (Å²) in [5.41, 5.74) is 0.792. The zero-order chi connectivity index (χ0) is 14.6. The van der Waals surface area contributed by atoms with Crippen LogP contribution in [0.4, 0.5) is 4.39 Å². The maximum absolute atomic E-state index is 13.3. The van der Waals surface area contributed by atoms with Gasteiger partial charge in [0.1, 0.15) is 23.1 Å². The lowest BCUT2D eigenvalue weighted by molar-refractivity contribution is 0.355. The van der Waals surface area contributed by atoms with E-state index in [4.69, 9.17) is 16.0 Å². The summed E-state index contributed by atoms with van der Waals surface area (Å²) in [6, 6.07) is 4.80. The van der Waals surface area contributed by atoms with Crippen molar-refractivity contribution in [3.63, 3.8) is 0 Å². The topological polar surface area (TPSA) is 70.9 Å². The highest BCUT2D eigenvalue weighted by Crippen LogP contribution is 2.29. The molecule has 2 N–H and O–H groups in total. The van der Waals surface area contributed by atoms with Gasteiger partial charge < -0.3 is 14.7 Å². The number of aromatic amines is 1. The molecule has 1 aliphatic rings. The Labute approximate surface area is 123 Å². The van der Waals surface area contributed by atoms with Crippen LogP contribution in [-0.2, 0) is 0 Å². The fourth-order valence-electron chi connectivity index (χ4n) is 2.71. The average Bonchev–Trinajstić information content (AvgIpc) is 3.03. The number of H-pyrrole nitrogens is 1. The number of alkyl halides is 1. The van der Waals surface area contributed by atoms with Crippen LogP contribution < -0.4 is 10.9 Å². The number of benzene rings is 1. The normalized spacial score (nSPS) is 22.4. The van der Waals surface area contributed by atoms with E-state index in [0.29, 0.717) is 33.8 Å². The fraction of sp³-hybridized carbons (Fsp3) is 0.286. The van der Waals surface area contributed by atoms with Gasteiger partial charge in [-0.05, 0) is 18.2 Å². The number of fused-ring (bicyclic) bond motifs is 3. The molecular formula is C14H11ClFN3O2. The van der Waals surface area contributed by atoms with Crippen LogP contribution in [0, 0.1) is 0 Å². The number of hydrogen-bond acceptors (Lipinski definition) is 4. The van der Waals surface area contributed by atoms with Crippen LogP contribution in [-0.4, -0.2) is 22.7 Å². The van der Waals surface area contributed by atoms with Gasteiger partial charge in [-0.3, -0.25) is 4.79 Å². The third kappa shape index (κ3) is 2.02. The van der Waals surface area contributed by atoms with E-state index in [-0.39, 0.29) is 23.7 Å². The summed E-state index contributed by atoms with van der Waals surface area (Å²) in [7, 11) is 0. The Bertz CT molecular complexity index is 904. The van der Waals surface area contributed by atoms with E-state index in [1.807, 2.05) is 0 Å². The van der Waals surface area contributed by atoms with E-state index in [9.17, 15) is 9.18 Å². The lowest BCUT2D eigenvalue weighted by Crippen LogP contribution is -2.20.